The van der Waals surface area contributed by atoms with Crippen LogP contribution in [0.2, 0.25) is 0 Å². The number of aromatic nitrogens is 2. The molecule has 0 spiro atoms. The van der Waals surface area contributed by atoms with Gasteiger partial charge in [0.05, 0.1) is 12.8 Å². The molecule has 1 aromatic heterocycles. The topological polar surface area (TPSA) is 101 Å². The van der Waals surface area contributed by atoms with Crippen molar-refractivity contribution in [1.82, 2.24) is 9.78 Å². The van der Waals surface area contributed by atoms with E-state index in [0.29, 0.717) is 11.4 Å². The molecule has 0 aliphatic heterocycles. The summed E-state index contributed by atoms with van der Waals surface area (Å²) >= 11 is 0. The SMILES string of the molecule is COc1ccccc1-n1[nH]c(CS(=O)(=O)O)cc1=O. The van der Waals surface area contributed by atoms with Gasteiger partial charge in [0, 0.05) is 6.07 Å². The van der Waals surface area contributed by atoms with Gasteiger partial charge >= 0.3 is 0 Å². The molecule has 0 radical (unpaired) electrons. The van der Waals surface area contributed by atoms with Gasteiger partial charge in [-0.25, -0.2) is 4.68 Å². The molecular formula is C11H12N2O5S. The second-order valence-electron chi connectivity index (χ2n) is 3.85. The Balaban J connectivity index is 2.49. The molecule has 0 unspecified atom stereocenters. The van der Waals surface area contributed by atoms with Crippen LogP contribution in [0.1, 0.15) is 5.69 Å². The first kappa shape index (κ1) is 13.4. The predicted molar refractivity (Wildman–Crippen MR) is 68.2 cm³/mol. The Hall–Kier alpha value is -2.06. The lowest BCUT2D eigenvalue weighted by atomic mass is 10.3. The highest BCUT2D eigenvalue weighted by Crippen LogP contribution is 2.20. The average Bonchev–Trinajstić information content (AvgIpc) is 2.67. The van der Waals surface area contributed by atoms with Gasteiger partial charge in [-0.15, -0.1) is 0 Å². The molecule has 0 bridgehead atoms. The van der Waals surface area contributed by atoms with Crippen molar-refractivity contribution in [3.05, 3.63) is 46.4 Å². The van der Waals surface area contributed by atoms with Crippen LogP contribution in [0.3, 0.4) is 0 Å². The van der Waals surface area contributed by atoms with Gasteiger partial charge in [0.25, 0.3) is 15.7 Å². The zero-order chi connectivity index (χ0) is 14.0. The summed E-state index contributed by atoms with van der Waals surface area (Å²) in [6.07, 6.45) is 0. The van der Waals surface area contributed by atoms with E-state index in [9.17, 15) is 13.2 Å². The van der Waals surface area contributed by atoms with Crippen LogP contribution in [0.5, 0.6) is 5.75 Å². The van der Waals surface area contributed by atoms with E-state index >= 15 is 0 Å². The summed E-state index contributed by atoms with van der Waals surface area (Å²) in [7, 11) is -2.73. The normalized spacial score (nSPS) is 11.5. The van der Waals surface area contributed by atoms with Gasteiger partial charge < -0.3 is 4.74 Å². The maximum absolute atomic E-state index is 11.8. The number of methoxy groups -OCH3 is 1. The van der Waals surface area contributed by atoms with Crippen molar-refractivity contribution >= 4 is 10.1 Å². The fourth-order valence-electron chi connectivity index (χ4n) is 1.71. The quantitative estimate of drug-likeness (QED) is 0.799. The highest BCUT2D eigenvalue weighted by molar-refractivity contribution is 7.85. The van der Waals surface area contributed by atoms with Crippen molar-refractivity contribution in [1.29, 1.82) is 0 Å². The minimum Gasteiger partial charge on any atom is -0.494 e. The van der Waals surface area contributed by atoms with E-state index in [4.69, 9.17) is 9.29 Å². The van der Waals surface area contributed by atoms with E-state index in [1.165, 1.54) is 7.11 Å². The monoisotopic (exact) mass is 284 g/mol. The summed E-state index contributed by atoms with van der Waals surface area (Å²) in [4.78, 5) is 11.8. The van der Waals surface area contributed by atoms with E-state index in [-0.39, 0.29) is 5.69 Å². The van der Waals surface area contributed by atoms with Crippen LogP contribution < -0.4 is 10.3 Å². The molecule has 0 fully saturated rings. The van der Waals surface area contributed by atoms with E-state index in [1.54, 1.807) is 24.3 Å². The summed E-state index contributed by atoms with van der Waals surface area (Å²) in [5, 5.41) is 2.61. The highest BCUT2D eigenvalue weighted by Gasteiger charge is 2.13. The molecule has 1 aromatic carbocycles. The molecule has 0 saturated carbocycles. The molecule has 1 heterocycles. The molecule has 102 valence electrons. The second-order valence-corrected chi connectivity index (χ2v) is 5.31. The first-order valence-electron chi connectivity index (χ1n) is 5.30. The number of hydrogen-bond donors (Lipinski definition) is 2. The molecular weight excluding hydrogens is 272 g/mol. The van der Waals surface area contributed by atoms with Crippen molar-refractivity contribution in [2.75, 3.05) is 7.11 Å². The molecule has 2 rings (SSSR count). The Bertz CT molecular complexity index is 744. The Morgan fingerprint density at radius 2 is 2.05 bits per heavy atom. The van der Waals surface area contributed by atoms with Crippen molar-refractivity contribution in [3.63, 3.8) is 0 Å². The molecule has 0 aliphatic carbocycles. The standard InChI is InChI=1S/C11H12N2O5S/c1-18-10-5-3-2-4-9(10)13-11(14)6-8(12-13)7-19(15,16)17/h2-6,12H,7H2,1H3,(H,15,16,17). The van der Waals surface area contributed by atoms with Gasteiger partial charge in [-0.2, -0.15) is 8.42 Å². The highest BCUT2D eigenvalue weighted by atomic mass is 32.2. The van der Waals surface area contributed by atoms with Crippen LogP contribution in [0.15, 0.2) is 35.1 Å². The number of aromatic amines is 1. The first-order valence-corrected chi connectivity index (χ1v) is 6.91. The summed E-state index contributed by atoms with van der Waals surface area (Å²) in [6.45, 7) is 0. The molecule has 0 atom stereocenters. The number of ether oxygens (including phenoxy) is 1. The van der Waals surface area contributed by atoms with E-state index in [2.05, 4.69) is 5.10 Å². The molecule has 8 heteroatoms. The van der Waals surface area contributed by atoms with Gasteiger partial charge in [-0.05, 0) is 12.1 Å². The minimum atomic E-state index is -4.19. The number of benzene rings is 1. The molecule has 2 N–H and O–H groups in total. The Morgan fingerprint density at radius 1 is 1.37 bits per heavy atom. The fraction of sp³-hybridized carbons (Fsp3) is 0.182. The molecule has 0 saturated heterocycles. The lowest BCUT2D eigenvalue weighted by Crippen LogP contribution is -2.14. The third kappa shape index (κ3) is 3.04. The van der Waals surface area contributed by atoms with Crippen LogP contribution in [0.4, 0.5) is 0 Å². The first-order chi connectivity index (χ1) is 8.90. The van der Waals surface area contributed by atoms with Crippen LogP contribution in [0, 0.1) is 0 Å². The average molecular weight is 284 g/mol. The fourth-order valence-corrected chi connectivity index (χ4v) is 2.25. The second kappa shape index (κ2) is 4.90. The molecule has 2 aromatic rings. The minimum absolute atomic E-state index is 0.0957. The molecule has 19 heavy (non-hydrogen) atoms. The maximum atomic E-state index is 11.8. The van der Waals surface area contributed by atoms with Crippen molar-refractivity contribution in [2.24, 2.45) is 0 Å². The zero-order valence-corrected chi connectivity index (χ0v) is 10.8. The summed E-state index contributed by atoms with van der Waals surface area (Å²) < 4.78 is 36.6. The van der Waals surface area contributed by atoms with Gasteiger partial charge in [-0.3, -0.25) is 14.4 Å². The third-order valence-corrected chi connectivity index (χ3v) is 3.11. The molecule has 7 nitrogen and oxygen atoms in total. The Kier molecular flexibility index (Phi) is 3.45. The smallest absolute Gasteiger partial charge is 0.271 e. The van der Waals surface area contributed by atoms with Gasteiger partial charge in [0.15, 0.2) is 0 Å². The lowest BCUT2D eigenvalue weighted by Gasteiger charge is -2.07. The summed E-state index contributed by atoms with van der Waals surface area (Å²) in [5.41, 5.74) is 0.109. The van der Waals surface area contributed by atoms with Crippen molar-refractivity contribution < 1.29 is 17.7 Å². The third-order valence-electron chi connectivity index (χ3n) is 2.44. The lowest BCUT2D eigenvalue weighted by molar-refractivity contribution is 0.411. The molecule has 0 aliphatic rings. The van der Waals surface area contributed by atoms with E-state index in [0.717, 1.165) is 10.7 Å². The van der Waals surface area contributed by atoms with Crippen LogP contribution in [-0.4, -0.2) is 29.9 Å². The van der Waals surface area contributed by atoms with E-state index < -0.39 is 21.4 Å². The molecule has 0 amide bonds. The zero-order valence-electron chi connectivity index (χ0n) is 10.0. The summed E-state index contributed by atoms with van der Waals surface area (Å²) in [5.74, 6) is -0.186. The largest absolute Gasteiger partial charge is 0.494 e. The maximum Gasteiger partial charge on any atom is 0.271 e. The van der Waals surface area contributed by atoms with Crippen LogP contribution in [0.25, 0.3) is 5.69 Å². The van der Waals surface area contributed by atoms with Crippen molar-refractivity contribution in [2.45, 2.75) is 5.75 Å². The Morgan fingerprint density at radius 3 is 2.68 bits per heavy atom. The van der Waals surface area contributed by atoms with Gasteiger partial charge in [0.1, 0.15) is 17.2 Å². The number of para-hydroxylation sites is 2. The van der Waals surface area contributed by atoms with Gasteiger partial charge in [0.2, 0.25) is 0 Å². The number of rotatable bonds is 4. The van der Waals surface area contributed by atoms with Crippen LogP contribution in [-0.2, 0) is 15.9 Å². The van der Waals surface area contributed by atoms with Crippen LogP contribution >= 0.6 is 0 Å². The number of nitrogens with one attached hydrogen (secondary N) is 1. The van der Waals surface area contributed by atoms with Gasteiger partial charge in [-0.1, -0.05) is 12.1 Å². The number of H-pyrrole nitrogens is 1. The number of nitrogens with zero attached hydrogens (tertiary/aromatic N) is 1. The number of hydrogen-bond acceptors (Lipinski definition) is 4. The Labute approximate surface area is 109 Å². The van der Waals surface area contributed by atoms with Crippen molar-refractivity contribution in [3.8, 4) is 11.4 Å². The summed E-state index contributed by atoms with van der Waals surface area (Å²) in [6, 6.07) is 7.89. The van der Waals surface area contributed by atoms with E-state index in [1.807, 2.05) is 0 Å². The predicted octanol–water partition coefficient (Wildman–Crippen LogP) is 0.562.